The lowest BCUT2D eigenvalue weighted by molar-refractivity contribution is -0.264. The summed E-state index contributed by atoms with van der Waals surface area (Å²) in [5.41, 5.74) is -1.95. The Morgan fingerprint density at radius 1 is 1.29 bits per heavy atom. The molecular weight excluding hydrogens is 233 g/mol. The van der Waals surface area contributed by atoms with Crippen LogP contribution in [0.3, 0.4) is 0 Å². The molecule has 2 saturated heterocycles. The first-order valence-electron chi connectivity index (χ1n) is 6.05. The van der Waals surface area contributed by atoms with Gasteiger partial charge in [-0.3, -0.25) is 4.90 Å². The molecule has 2 fully saturated rings. The van der Waals surface area contributed by atoms with Crippen molar-refractivity contribution >= 4 is 0 Å². The molecule has 0 unspecified atom stereocenters. The highest BCUT2D eigenvalue weighted by molar-refractivity contribution is 4.99. The molecule has 6 heteroatoms. The molecule has 2 rings (SSSR count). The summed E-state index contributed by atoms with van der Waals surface area (Å²) in [4.78, 5) is 1.94. The lowest BCUT2D eigenvalue weighted by Crippen LogP contribution is -2.51. The standard InChI is InChI=1S/C11H19F3N2O/c1-17-10(11(12,13)14)4-7-16(8-10)9-2-5-15-6-3-9/h9,15H,2-8H2,1H3/t10-/m1/s1. The smallest absolute Gasteiger partial charge is 0.367 e. The van der Waals surface area contributed by atoms with Crippen molar-refractivity contribution in [2.24, 2.45) is 0 Å². The Kier molecular flexibility index (Phi) is 3.66. The van der Waals surface area contributed by atoms with E-state index in [2.05, 4.69) is 5.32 Å². The maximum absolute atomic E-state index is 13.0. The van der Waals surface area contributed by atoms with Gasteiger partial charge in [-0.05, 0) is 32.4 Å². The second-order valence-corrected chi connectivity index (χ2v) is 4.90. The molecule has 1 atom stereocenters. The lowest BCUT2D eigenvalue weighted by Gasteiger charge is -2.34. The number of methoxy groups -OCH3 is 1. The number of halogens is 3. The highest BCUT2D eigenvalue weighted by Gasteiger charge is 2.59. The van der Waals surface area contributed by atoms with Crippen LogP contribution < -0.4 is 5.32 Å². The first-order chi connectivity index (χ1) is 7.98. The number of likely N-dealkylation sites (tertiary alicyclic amines) is 1. The van der Waals surface area contributed by atoms with Gasteiger partial charge in [-0.15, -0.1) is 0 Å². The van der Waals surface area contributed by atoms with Gasteiger partial charge in [0.2, 0.25) is 0 Å². The van der Waals surface area contributed by atoms with Crippen molar-refractivity contribution in [1.29, 1.82) is 0 Å². The Labute approximate surface area is 99.3 Å². The third-order valence-corrected chi connectivity index (χ3v) is 3.99. The molecule has 0 aromatic rings. The van der Waals surface area contributed by atoms with Crippen LogP contribution >= 0.6 is 0 Å². The van der Waals surface area contributed by atoms with Gasteiger partial charge in [-0.1, -0.05) is 0 Å². The summed E-state index contributed by atoms with van der Waals surface area (Å²) < 4.78 is 43.8. The molecule has 2 aliphatic rings. The van der Waals surface area contributed by atoms with Gasteiger partial charge in [0.05, 0.1) is 0 Å². The Morgan fingerprint density at radius 3 is 2.41 bits per heavy atom. The predicted octanol–water partition coefficient (Wildman–Crippen LogP) is 1.39. The van der Waals surface area contributed by atoms with Gasteiger partial charge in [-0.25, -0.2) is 0 Å². The van der Waals surface area contributed by atoms with Crippen LogP contribution in [-0.2, 0) is 4.74 Å². The average molecular weight is 252 g/mol. The minimum atomic E-state index is -4.27. The summed E-state index contributed by atoms with van der Waals surface area (Å²) >= 11 is 0. The zero-order valence-electron chi connectivity index (χ0n) is 10.0. The van der Waals surface area contributed by atoms with Crippen molar-refractivity contribution in [3.05, 3.63) is 0 Å². The van der Waals surface area contributed by atoms with Crippen LogP contribution in [0, 0.1) is 0 Å². The van der Waals surface area contributed by atoms with E-state index in [1.165, 1.54) is 7.11 Å². The van der Waals surface area contributed by atoms with E-state index in [0.717, 1.165) is 25.9 Å². The van der Waals surface area contributed by atoms with Crippen molar-refractivity contribution < 1.29 is 17.9 Å². The number of hydrogen-bond donors (Lipinski definition) is 1. The SMILES string of the molecule is CO[C@]1(C(F)(F)F)CCN(C2CCNCC2)C1. The monoisotopic (exact) mass is 252 g/mol. The maximum Gasteiger partial charge on any atom is 0.418 e. The molecule has 0 aromatic heterocycles. The summed E-state index contributed by atoms with van der Waals surface area (Å²) in [7, 11) is 1.17. The zero-order chi connectivity index (χ0) is 12.5. The molecule has 3 nitrogen and oxygen atoms in total. The highest BCUT2D eigenvalue weighted by Crippen LogP contribution is 2.41. The average Bonchev–Trinajstić information content (AvgIpc) is 2.75. The third-order valence-electron chi connectivity index (χ3n) is 3.99. The van der Waals surface area contributed by atoms with Gasteiger partial charge >= 0.3 is 6.18 Å². The summed E-state index contributed by atoms with van der Waals surface area (Å²) in [5.74, 6) is 0. The third kappa shape index (κ3) is 2.44. The molecule has 0 spiro atoms. The summed E-state index contributed by atoms with van der Waals surface area (Å²) in [6.07, 6.45) is -2.37. The molecule has 0 aromatic carbocycles. The number of piperidine rings is 1. The van der Waals surface area contributed by atoms with Gasteiger partial charge in [0.15, 0.2) is 5.60 Å². The Hall–Kier alpha value is -0.330. The van der Waals surface area contributed by atoms with Crippen molar-refractivity contribution in [2.45, 2.75) is 37.1 Å². The van der Waals surface area contributed by atoms with E-state index < -0.39 is 11.8 Å². The van der Waals surface area contributed by atoms with Gasteiger partial charge in [0.1, 0.15) is 0 Å². The fraction of sp³-hybridized carbons (Fsp3) is 1.00. The van der Waals surface area contributed by atoms with Crippen LogP contribution in [0.1, 0.15) is 19.3 Å². The molecule has 0 amide bonds. The summed E-state index contributed by atoms with van der Waals surface area (Å²) in [6.45, 7) is 2.26. The summed E-state index contributed by atoms with van der Waals surface area (Å²) in [6, 6.07) is 0.274. The topological polar surface area (TPSA) is 24.5 Å². The number of nitrogens with one attached hydrogen (secondary N) is 1. The van der Waals surface area contributed by atoms with Crippen LogP contribution in [0.4, 0.5) is 13.2 Å². The van der Waals surface area contributed by atoms with Crippen LogP contribution in [0.25, 0.3) is 0 Å². The number of alkyl halides is 3. The lowest BCUT2D eigenvalue weighted by atomic mass is 10.0. The molecule has 17 heavy (non-hydrogen) atoms. The molecule has 0 aliphatic carbocycles. The zero-order valence-corrected chi connectivity index (χ0v) is 10.0. The van der Waals surface area contributed by atoms with Gasteiger partial charge < -0.3 is 10.1 Å². The molecular formula is C11H19F3N2O. The molecule has 0 bridgehead atoms. The Bertz CT molecular complexity index is 266. The van der Waals surface area contributed by atoms with Crippen LogP contribution in [0.2, 0.25) is 0 Å². The van der Waals surface area contributed by atoms with E-state index in [1.54, 1.807) is 0 Å². The molecule has 0 saturated carbocycles. The second kappa shape index (κ2) is 4.74. The fourth-order valence-electron chi connectivity index (χ4n) is 2.81. The van der Waals surface area contributed by atoms with Crippen molar-refractivity contribution in [3.63, 3.8) is 0 Å². The number of rotatable bonds is 2. The van der Waals surface area contributed by atoms with E-state index in [9.17, 15) is 13.2 Å². The molecule has 1 N–H and O–H groups in total. The van der Waals surface area contributed by atoms with Gasteiger partial charge in [0.25, 0.3) is 0 Å². The minimum absolute atomic E-state index is 0.0162. The molecule has 100 valence electrons. The Morgan fingerprint density at radius 2 is 1.94 bits per heavy atom. The van der Waals surface area contributed by atoms with Crippen molar-refractivity contribution in [1.82, 2.24) is 10.2 Å². The normalized spacial score (nSPS) is 33.2. The highest BCUT2D eigenvalue weighted by atomic mass is 19.4. The van der Waals surface area contributed by atoms with E-state index >= 15 is 0 Å². The fourth-order valence-corrected chi connectivity index (χ4v) is 2.81. The van der Waals surface area contributed by atoms with Crippen LogP contribution in [-0.4, -0.2) is 56.0 Å². The predicted molar refractivity (Wildman–Crippen MR) is 57.9 cm³/mol. The maximum atomic E-state index is 13.0. The number of ether oxygens (including phenoxy) is 1. The first kappa shape index (κ1) is 13.1. The first-order valence-corrected chi connectivity index (χ1v) is 6.05. The van der Waals surface area contributed by atoms with Crippen LogP contribution in [0.15, 0.2) is 0 Å². The minimum Gasteiger partial charge on any atom is -0.367 e. The van der Waals surface area contributed by atoms with Crippen LogP contribution in [0.5, 0.6) is 0 Å². The summed E-state index contributed by atoms with van der Waals surface area (Å²) in [5, 5.41) is 3.22. The van der Waals surface area contributed by atoms with E-state index in [1.807, 2.05) is 4.90 Å². The van der Waals surface area contributed by atoms with Crippen molar-refractivity contribution in [3.8, 4) is 0 Å². The van der Waals surface area contributed by atoms with Gasteiger partial charge in [-0.2, -0.15) is 13.2 Å². The largest absolute Gasteiger partial charge is 0.418 e. The van der Waals surface area contributed by atoms with Crippen molar-refractivity contribution in [2.75, 3.05) is 33.3 Å². The molecule has 0 radical (unpaired) electrons. The second-order valence-electron chi connectivity index (χ2n) is 4.90. The number of hydrogen-bond acceptors (Lipinski definition) is 3. The quantitative estimate of drug-likeness (QED) is 0.804. The Balaban J connectivity index is 2.02. The molecule has 2 heterocycles. The van der Waals surface area contributed by atoms with E-state index in [4.69, 9.17) is 4.74 Å². The molecule has 2 aliphatic heterocycles. The van der Waals surface area contributed by atoms with Gasteiger partial charge in [0, 0.05) is 26.2 Å². The number of nitrogens with zero attached hydrogens (tertiary/aromatic N) is 1. The van der Waals surface area contributed by atoms with E-state index in [-0.39, 0.29) is 19.0 Å². The van der Waals surface area contributed by atoms with E-state index in [0.29, 0.717) is 6.54 Å².